The molecule has 0 spiro atoms. The minimum absolute atomic E-state index is 0.0581. The summed E-state index contributed by atoms with van der Waals surface area (Å²) in [6.07, 6.45) is 2.38. The molecule has 1 aliphatic carbocycles. The van der Waals surface area contributed by atoms with E-state index >= 15 is 0 Å². The lowest BCUT2D eigenvalue weighted by atomic mass is 9.42. The highest BCUT2D eigenvalue weighted by Gasteiger charge is 2.51. The average molecular weight is 773 g/mol. The Hall–Kier alpha value is -6.32. The Kier molecular flexibility index (Phi) is 7.34. The van der Waals surface area contributed by atoms with Gasteiger partial charge in [-0.05, 0) is 126 Å². The normalized spacial score (nSPS) is 17.0. The molecule has 3 heteroatoms. The molecule has 0 bridgehead atoms. The van der Waals surface area contributed by atoms with Crippen molar-refractivity contribution >= 4 is 57.0 Å². The van der Waals surface area contributed by atoms with Crippen LogP contribution in [0.1, 0.15) is 76.6 Å². The summed E-state index contributed by atoms with van der Waals surface area (Å²) in [5, 5.41) is 2.58. The van der Waals surface area contributed by atoms with Crippen LogP contribution in [-0.2, 0) is 16.2 Å². The maximum atomic E-state index is 2.70. The SMILES string of the molecule is CC1(C)CCC(C)(C)c2cc3c(cc21)N1c2cc4ccccc4c4c2B(c2cccc(c21)C3(C)C)N(c1ccc(-c2ccccc2)cc1)c1cc(-c2ccccc2)ccc1-4. The fourth-order valence-electron chi connectivity index (χ4n) is 11.5. The minimum atomic E-state index is -0.212. The van der Waals surface area contributed by atoms with Crippen molar-refractivity contribution in [2.24, 2.45) is 0 Å². The number of nitrogens with zero attached hydrogens (tertiary/aromatic N) is 2. The van der Waals surface area contributed by atoms with Gasteiger partial charge < -0.3 is 9.71 Å². The summed E-state index contributed by atoms with van der Waals surface area (Å²) in [5.74, 6) is 0. The van der Waals surface area contributed by atoms with Crippen LogP contribution in [0.3, 0.4) is 0 Å². The summed E-state index contributed by atoms with van der Waals surface area (Å²) in [7, 11) is 0. The Morgan fingerprint density at radius 3 is 1.80 bits per heavy atom. The molecule has 290 valence electrons. The fourth-order valence-corrected chi connectivity index (χ4v) is 11.5. The van der Waals surface area contributed by atoms with Crippen molar-refractivity contribution in [1.29, 1.82) is 0 Å². The molecule has 0 unspecified atom stereocenters. The lowest BCUT2D eigenvalue weighted by molar-refractivity contribution is 0.331. The number of hydrogen-bond acceptors (Lipinski definition) is 2. The molecule has 0 N–H and O–H groups in total. The number of anilines is 5. The molecular formula is C57H49BN2. The van der Waals surface area contributed by atoms with Crippen LogP contribution in [0.15, 0.2) is 164 Å². The van der Waals surface area contributed by atoms with Crippen LogP contribution in [0.4, 0.5) is 28.4 Å². The maximum absolute atomic E-state index is 2.70. The van der Waals surface area contributed by atoms with Crippen molar-refractivity contribution in [2.75, 3.05) is 9.71 Å². The van der Waals surface area contributed by atoms with Gasteiger partial charge in [0, 0.05) is 33.7 Å². The summed E-state index contributed by atoms with van der Waals surface area (Å²) in [6.45, 7) is 14.7. The first-order valence-electron chi connectivity index (χ1n) is 21.8. The maximum Gasteiger partial charge on any atom is 0.333 e. The summed E-state index contributed by atoms with van der Waals surface area (Å²) >= 11 is 0. The zero-order valence-electron chi connectivity index (χ0n) is 35.5. The van der Waals surface area contributed by atoms with E-state index in [4.69, 9.17) is 0 Å². The van der Waals surface area contributed by atoms with Crippen molar-refractivity contribution in [3.63, 3.8) is 0 Å². The molecule has 0 saturated carbocycles. The van der Waals surface area contributed by atoms with Crippen LogP contribution in [0.5, 0.6) is 0 Å². The predicted octanol–water partition coefficient (Wildman–Crippen LogP) is 13.9. The summed E-state index contributed by atoms with van der Waals surface area (Å²) in [5.41, 5.74) is 22.5. The van der Waals surface area contributed by atoms with Gasteiger partial charge in [-0.3, -0.25) is 0 Å². The van der Waals surface area contributed by atoms with Crippen LogP contribution in [-0.4, -0.2) is 6.85 Å². The lowest BCUT2D eigenvalue weighted by Crippen LogP contribution is -2.62. The monoisotopic (exact) mass is 772 g/mol. The quantitative estimate of drug-likeness (QED) is 0.165. The van der Waals surface area contributed by atoms with Gasteiger partial charge in [-0.15, -0.1) is 0 Å². The van der Waals surface area contributed by atoms with Gasteiger partial charge in [-0.25, -0.2) is 0 Å². The number of para-hydroxylation sites is 1. The molecule has 2 nitrogen and oxygen atoms in total. The third-order valence-electron chi connectivity index (χ3n) is 14.9. The predicted molar refractivity (Wildman–Crippen MR) is 256 cm³/mol. The van der Waals surface area contributed by atoms with Crippen molar-refractivity contribution in [2.45, 2.75) is 70.6 Å². The Morgan fingerprint density at radius 2 is 1.08 bits per heavy atom. The second-order valence-corrected chi connectivity index (χ2v) is 19.6. The van der Waals surface area contributed by atoms with Crippen molar-refractivity contribution in [1.82, 2.24) is 0 Å². The van der Waals surface area contributed by atoms with Crippen LogP contribution in [0.25, 0.3) is 44.2 Å². The molecule has 4 aliphatic rings. The first-order valence-corrected chi connectivity index (χ1v) is 21.8. The highest BCUT2D eigenvalue weighted by Crippen LogP contribution is 2.58. The molecule has 3 heterocycles. The second kappa shape index (κ2) is 12.4. The van der Waals surface area contributed by atoms with Gasteiger partial charge in [0.15, 0.2) is 0 Å². The topological polar surface area (TPSA) is 6.48 Å². The molecule has 3 aliphatic heterocycles. The molecule has 8 aromatic carbocycles. The summed E-state index contributed by atoms with van der Waals surface area (Å²) in [6, 6.07) is 62.2. The number of fused-ring (bicyclic) bond motifs is 9. The van der Waals surface area contributed by atoms with E-state index in [0.29, 0.717) is 0 Å². The Bertz CT molecular complexity index is 3070. The van der Waals surface area contributed by atoms with E-state index in [2.05, 4.69) is 215 Å². The minimum Gasteiger partial charge on any atom is -0.376 e. The van der Waals surface area contributed by atoms with Crippen LogP contribution in [0.2, 0.25) is 0 Å². The molecule has 0 amide bonds. The molecule has 0 fully saturated rings. The smallest absolute Gasteiger partial charge is 0.333 e. The third kappa shape index (κ3) is 4.90. The Morgan fingerprint density at radius 1 is 0.467 bits per heavy atom. The second-order valence-electron chi connectivity index (χ2n) is 19.6. The van der Waals surface area contributed by atoms with Crippen molar-refractivity contribution in [3.8, 4) is 33.4 Å². The van der Waals surface area contributed by atoms with E-state index in [1.165, 1.54) is 119 Å². The molecule has 60 heavy (non-hydrogen) atoms. The van der Waals surface area contributed by atoms with Crippen LogP contribution >= 0.6 is 0 Å². The Labute approximate surface area is 355 Å². The van der Waals surface area contributed by atoms with Gasteiger partial charge in [0.05, 0.1) is 5.69 Å². The molecule has 12 rings (SSSR count). The Balaban J connectivity index is 1.19. The van der Waals surface area contributed by atoms with Gasteiger partial charge in [0.25, 0.3) is 0 Å². The van der Waals surface area contributed by atoms with Crippen molar-refractivity contribution < 1.29 is 0 Å². The molecular weight excluding hydrogens is 723 g/mol. The third-order valence-corrected chi connectivity index (χ3v) is 14.9. The first kappa shape index (κ1) is 35.6. The largest absolute Gasteiger partial charge is 0.376 e. The van der Waals surface area contributed by atoms with Crippen molar-refractivity contribution in [3.05, 3.63) is 186 Å². The van der Waals surface area contributed by atoms with E-state index in [-0.39, 0.29) is 23.1 Å². The zero-order chi connectivity index (χ0) is 40.7. The first-order chi connectivity index (χ1) is 29.0. The van der Waals surface area contributed by atoms with E-state index in [0.717, 1.165) is 0 Å². The highest BCUT2D eigenvalue weighted by atomic mass is 15.2. The number of rotatable bonds is 3. The lowest BCUT2D eigenvalue weighted by Gasteiger charge is -2.52. The van der Waals surface area contributed by atoms with Gasteiger partial charge in [0.1, 0.15) is 0 Å². The fraction of sp³-hybridized carbons (Fsp3) is 0.193. The summed E-state index contributed by atoms with van der Waals surface area (Å²) < 4.78 is 0. The standard InChI is InChI=1S/C57H49BN2/c1-55(2)30-31-56(3,4)46-35-50-47(34-45(46)55)57(5,6)44-22-15-23-48-54(44)59(50)51-33-40-20-13-14-21-42(40)52-43-29-26-39(37-18-11-8-12-19-37)32-49(43)60(58(48)53(51)52)41-27-24-38(25-28-41)36-16-9-7-10-17-36/h7-29,32-35H,30-31H2,1-6H3. The number of benzene rings is 8. The molecule has 0 saturated heterocycles. The molecule has 0 atom stereocenters. The van der Waals surface area contributed by atoms with Crippen LogP contribution in [0, 0.1) is 0 Å². The molecule has 0 radical (unpaired) electrons. The molecule has 0 aromatic heterocycles. The zero-order valence-corrected chi connectivity index (χ0v) is 35.5. The van der Waals surface area contributed by atoms with E-state index in [1.807, 2.05) is 0 Å². The van der Waals surface area contributed by atoms with E-state index in [9.17, 15) is 0 Å². The van der Waals surface area contributed by atoms with Gasteiger partial charge in [0.2, 0.25) is 0 Å². The number of hydrogen-bond donors (Lipinski definition) is 0. The van der Waals surface area contributed by atoms with Gasteiger partial charge >= 0.3 is 6.85 Å². The average Bonchev–Trinajstić information content (AvgIpc) is 3.27. The van der Waals surface area contributed by atoms with Gasteiger partial charge in [-0.1, -0.05) is 175 Å². The van der Waals surface area contributed by atoms with Crippen LogP contribution < -0.4 is 20.6 Å². The van der Waals surface area contributed by atoms with Gasteiger partial charge in [-0.2, -0.15) is 0 Å². The highest BCUT2D eigenvalue weighted by molar-refractivity contribution is 6.94. The van der Waals surface area contributed by atoms with E-state index < -0.39 is 0 Å². The summed E-state index contributed by atoms with van der Waals surface area (Å²) in [4.78, 5) is 5.37. The van der Waals surface area contributed by atoms with E-state index in [1.54, 1.807) is 0 Å². The molecule has 8 aromatic rings.